The van der Waals surface area contributed by atoms with E-state index in [4.69, 9.17) is 4.42 Å². The molecule has 1 saturated heterocycles. The van der Waals surface area contributed by atoms with Crippen LogP contribution in [0.3, 0.4) is 0 Å². The average Bonchev–Trinajstić information content (AvgIpc) is 3.46. The molecule has 2 aromatic heterocycles. The Labute approximate surface area is 176 Å². The number of hydrogen-bond acceptors (Lipinski definition) is 5. The normalized spacial score (nSPS) is 16.2. The van der Waals surface area contributed by atoms with E-state index in [0.29, 0.717) is 24.8 Å². The lowest BCUT2D eigenvalue weighted by molar-refractivity contribution is -0.940. The maximum absolute atomic E-state index is 12.6. The van der Waals surface area contributed by atoms with Crippen molar-refractivity contribution in [3.8, 4) is 0 Å². The van der Waals surface area contributed by atoms with E-state index < -0.39 is 0 Å². The summed E-state index contributed by atoms with van der Waals surface area (Å²) in [5.74, 6) is 1.69. The van der Waals surface area contributed by atoms with Crippen molar-refractivity contribution in [3.05, 3.63) is 65.9 Å². The monoisotopic (exact) mass is 409 g/mol. The van der Waals surface area contributed by atoms with Crippen molar-refractivity contribution in [2.45, 2.75) is 32.9 Å². The quantitative estimate of drug-likeness (QED) is 0.635. The molecule has 1 amide bonds. The summed E-state index contributed by atoms with van der Waals surface area (Å²) in [6.45, 7) is 8.31. The molecular weight excluding hydrogens is 380 g/mol. The molecule has 158 valence electrons. The molecule has 1 aromatic carbocycles. The van der Waals surface area contributed by atoms with E-state index in [9.17, 15) is 4.79 Å². The maximum Gasteiger partial charge on any atom is 0.289 e. The van der Waals surface area contributed by atoms with Gasteiger partial charge in [-0.3, -0.25) is 4.79 Å². The summed E-state index contributed by atoms with van der Waals surface area (Å²) in [5, 5.41) is 12.7. The van der Waals surface area contributed by atoms with Gasteiger partial charge in [0.1, 0.15) is 0 Å². The first-order valence-corrected chi connectivity index (χ1v) is 10.6. The van der Waals surface area contributed by atoms with Crippen LogP contribution in [0.15, 0.2) is 53.1 Å². The third-order valence-corrected chi connectivity index (χ3v) is 5.82. The first-order chi connectivity index (χ1) is 14.6. The van der Waals surface area contributed by atoms with Gasteiger partial charge in [0, 0.05) is 12.5 Å². The highest BCUT2D eigenvalue weighted by atomic mass is 16.3. The highest BCUT2D eigenvalue weighted by Crippen LogP contribution is 2.17. The van der Waals surface area contributed by atoms with E-state index in [1.165, 1.54) is 10.5 Å². The molecule has 1 aliphatic heterocycles. The van der Waals surface area contributed by atoms with Crippen LogP contribution in [0, 0.1) is 5.92 Å². The molecule has 8 nitrogen and oxygen atoms in total. The topological polar surface area (TPSA) is 81.5 Å². The van der Waals surface area contributed by atoms with E-state index in [1.807, 2.05) is 15.6 Å². The number of aryl methyl sites for hydroxylation is 2. The predicted octanol–water partition coefficient (Wildman–Crippen LogP) is 1.25. The molecule has 0 spiro atoms. The van der Waals surface area contributed by atoms with Crippen LogP contribution in [-0.2, 0) is 13.0 Å². The molecule has 3 heterocycles. The Bertz CT molecular complexity index is 930. The molecule has 1 aliphatic rings. The van der Waals surface area contributed by atoms with Gasteiger partial charge >= 0.3 is 0 Å². The molecule has 1 N–H and O–H groups in total. The number of furan rings is 1. The third kappa shape index (κ3) is 4.43. The summed E-state index contributed by atoms with van der Waals surface area (Å²) in [6.07, 6.45) is 2.43. The van der Waals surface area contributed by atoms with Gasteiger partial charge in [0.05, 0.1) is 32.4 Å². The van der Waals surface area contributed by atoms with Gasteiger partial charge in [-0.2, -0.15) is 0 Å². The summed E-state index contributed by atoms with van der Waals surface area (Å²) < 4.78 is 7.22. The second-order valence-electron chi connectivity index (χ2n) is 8.15. The van der Waals surface area contributed by atoms with E-state index in [1.54, 1.807) is 18.4 Å². The van der Waals surface area contributed by atoms with Crippen molar-refractivity contribution < 1.29 is 14.1 Å². The minimum atomic E-state index is -0.0344. The highest BCUT2D eigenvalue weighted by molar-refractivity contribution is 5.91. The van der Waals surface area contributed by atoms with Crippen molar-refractivity contribution in [2.24, 2.45) is 5.92 Å². The van der Waals surface area contributed by atoms with Gasteiger partial charge in [-0.1, -0.05) is 44.2 Å². The Kier molecular flexibility index (Phi) is 6.23. The van der Waals surface area contributed by atoms with Crippen LogP contribution in [0.1, 0.15) is 41.8 Å². The van der Waals surface area contributed by atoms with Crippen LogP contribution in [-0.4, -0.2) is 57.2 Å². The second-order valence-corrected chi connectivity index (χ2v) is 8.15. The number of amides is 1. The van der Waals surface area contributed by atoms with E-state index in [0.717, 1.165) is 31.9 Å². The van der Waals surface area contributed by atoms with E-state index in [2.05, 4.69) is 53.6 Å². The van der Waals surface area contributed by atoms with Crippen molar-refractivity contribution in [3.63, 3.8) is 0 Å². The third-order valence-electron chi connectivity index (χ3n) is 5.82. The highest BCUT2D eigenvalue weighted by Gasteiger charge is 2.36. The van der Waals surface area contributed by atoms with Crippen LogP contribution in [0.4, 0.5) is 0 Å². The second kappa shape index (κ2) is 9.21. The van der Waals surface area contributed by atoms with Crippen LogP contribution in [0.2, 0.25) is 0 Å². The number of hydrogen-bond donors (Lipinski definition) is 1. The molecule has 0 radical (unpaired) electrons. The average molecular weight is 410 g/mol. The SMILES string of the molecule is CC(C)[C@@H](c1nnnn1CCc1ccccc1)[NH+]1CCN(C(=O)c2ccco2)CC1. The number of carbonyl (C=O) groups excluding carboxylic acids is 1. The van der Waals surface area contributed by atoms with Crippen LogP contribution in [0.5, 0.6) is 0 Å². The standard InChI is InChI=1S/C22H28N6O2/c1-17(2)20(21-23-24-25-28(21)11-10-18-7-4-3-5-8-18)26-12-14-27(15-13-26)22(29)19-9-6-16-30-19/h3-9,16-17,20H,10-15H2,1-2H3/p+1/t20-/m0/s1. The molecule has 0 bridgehead atoms. The zero-order chi connectivity index (χ0) is 20.9. The molecular formula is C22H29N6O2+. The van der Waals surface area contributed by atoms with Gasteiger partial charge in [0.25, 0.3) is 5.91 Å². The lowest BCUT2D eigenvalue weighted by Crippen LogP contribution is -3.15. The summed E-state index contributed by atoms with van der Waals surface area (Å²) >= 11 is 0. The van der Waals surface area contributed by atoms with Crippen LogP contribution in [0.25, 0.3) is 0 Å². The molecule has 0 aliphatic carbocycles. The zero-order valence-corrected chi connectivity index (χ0v) is 17.6. The number of aromatic nitrogens is 4. The van der Waals surface area contributed by atoms with Gasteiger partial charge in [0.15, 0.2) is 11.8 Å². The molecule has 1 fully saturated rings. The number of carbonyl (C=O) groups is 1. The first kappa shape index (κ1) is 20.3. The van der Waals surface area contributed by atoms with Gasteiger partial charge in [-0.15, -0.1) is 5.10 Å². The van der Waals surface area contributed by atoms with Crippen LogP contribution < -0.4 is 4.90 Å². The summed E-state index contributed by atoms with van der Waals surface area (Å²) in [7, 11) is 0. The predicted molar refractivity (Wildman–Crippen MR) is 111 cm³/mol. The smallest absolute Gasteiger partial charge is 0.289 e. The van der Waals surface area contributed by atoms with Crippen molar-refractivity contribution in [1.29, 1.82) is 0 Å². The number of benzene rings is 1. The Morgan fingerprint density at radius 3 is 2.57 bits per heavy atom. The Morgan fingerprint density at radius 1 is 1.13 bits per heavy atom. The van der Waals surface area contributed by atoms with E-state index in [-0.39, 0.29) is 11.9 Å². The molecule has 0 saturated carbocycles. The Morgan fingerprint density at radius 2 is 1.90 bits per heavy atom. The summed E-state index contributed by atoms with van der Waals surface area (Å²) in [6, 6.07) is 14.1. The molecule has 0 unspecified atom stereocenters. The number of quaternary nitrogens is 1. The minimum absolute atomic E-state index is 0.0344. The van der Waals surface area contributed by atoms with Crippen molar-refractivity contribution >= 4 is 5.91 Å². The van der Waals surface area contributed by atoms with Gasteiger partial charge < -0.3 is 14.2 Å². The van der Waals surface area contributed by atoms with Crippen LogP contribution >= 0.6 is 0 Å². The number of nitrogens with zero attached hydrogens (tertiary/aromatic N) is 5. The number of piperazine rings is 1. The summed E-state index contributed by atoms with van der Waals surface area (Å²) in [5.41, 5.74) is 1.28. The van der Waals surface area contributed by atoms with Gasteiger partial charge in [-0.25, -0.2) is 4.68 Å². The number of rotatable bonds is 7. The molecule has 4 rings (SSSR count). The van der Waals surface area contributed by atoms with Crippen molar-refractivity contribution in [1.82, 2.24) is 25.1 Å². The van der Waals surface area contributed by atoms with Crippen molar-refractivity contribution in [2.75, 3.05) is 26.2 Å². The largest absolute Gasteiger partial charge is 0.459 e. The first-order valence-electron chi connectivity index (χ1n) is 10.6. The Hall–Kier alpha value is -3.00. The van der Waals surface area contributed by atoms with Gasteiger partial charge in [0.2, 0.25) is 5.82 Å². The molecule has 3 aromatic rings. The lowest BCUT2D eigenvalue weighted by atomic mass is 10.0. The van der Waals surface area contributed by atoms with E-state index >= 15 is 0 Å². The lowest BCUT2D eigenvalue weighted by Gasteiger charge is -2.37. The molecule has 1 atom stereocenters. The molecule has 8 heteroatoms. The zero-order valence-electron chi connectivity index (χ0n) is 17.6. The fourth-order valence-electron chi connectivity index (χ4n) is 4.29. The van der Waals surface area contributed by atoms with Gasteiger partial charge in [-0.05, 0) is 34.5 Å². The number of tetrazole rings is 1. The number of nitrogens with one attached hydrogen (secondary N) is 1. The molecule has 30 heavy (non-hydrogen) atoms. The fourth-order valence-corrected chi connectivity index (χ4v) is 4.29. The maximum atomic E-state index is 12.6. The summed E-state index contributed by atoms with van der Waals surface area (Å²) in [4.78, 5) is 15.9. The Balaban J connectivity index is 1.43. The fraction of sp³-hybridized carbons (Fsp3) is 0.455. The minimum Gasteiger partial charge on any atom is -0.459 e.